The molecule has 1 N–H and O–H groups in total. The summed E-state index contributed by atoms with van der Waals surface area (Å²) in [6, 6.07) is 4.71. The van der Waals surface area contributed by atoms with Gasteiger partial charge in [0.25, 0.3) is 5.91 Å². The minimum atomic E-state index is -0.0756. The molecule has 1 aromatic rings. The van der Waals surface area contributed by atoms with E-state index in [4.69, 9.17) is 16.3 Å². The third-order valence-corrected chi connectivity index (χ3v) is 4.16. The van der Waals surface area contributed by atoms with Crippen LogP contribution in [-0.4, -0.2) is 41.5 Å². The number of benzene rings is 1. The molecule has 1 aliphatic heterocycles. The number of alkyl halides is 1. The Morgan fingerprint density at radius 1 is 1.53 bits per heavy atom. The smallest absolute Gasteiger partial charge is 0.254 e. The van der Waals surface area contributed by atoms with Crippen molar-refractivity contribution in [3.8, 4) is 11.5 Å². The summed E-state index contributed by atoms with van der Waals surface area (Å²) in [7, 11) is 1.48. The maximum absolute atomic E-state index is 12.3. The molecule has 2 atom stereocenters. The van der Waals surface area contributed by atoms with Gasteiger partial charge in [0.05, 0.1) is 7.11 Å². The van der Waals surface area contributed by atoms with Crippen LogP contribution in [-0.2, 0) is 0 Å². The first-order chi connectivity index (χ1) is 9.02. The molecule has 1 fully saturated rings. The highest BCUT2D eigenvalue weighted by molar-refractivity contribution is 6.20. The summed E-state index contributed by atoms with van der Waals surface area (Å²) in [4.78, 5) is 14.1. The highest BCUT2D eigenvalue weighted by Crippen LogP contribution is 2.28. The molecule has 5 heteroatoms. The number of methoxy groups -OCH3 is 1. The quantitative estimate of drug-likeness (QED) is 0.849. The zero-order valence-corrected chi connectivity index (χ0v) is 11.9. The summed E-state index contributed by atoms with van der Waals surface area (Å²) >= 11 is 6.15. The molecule has 1 aliphatic rings. The number of carbonyl (C=O) groups is 1. The molecule has 0 spiro atoms. The molecule has 104 valence electrons. The van der Waals surface area contributed by atoms with Gasteiger partial charge >= 0.3 is 0 Å². The Hall–Kier alpha value is -1.42. The van der Waals surface area contributed by atoms with Gasteiger partial charge in [-0.05, 0) is 30.5 Å². The van der Waals surface area contributed by atoms with Crippen LogP contribution in [0.4, 0.5) is 0 Å². The normalized spacial score (nSPS) is 23.2. The molecule has 0 aliphatic carbocycles. The molecule has 1 saturated heterocycles. The zero-order chi connectivity index (χ0) is 14.0. The third kappa shape index (κ3) is 2.95. The molecular formula is C14H18ClNO3. The Morgan fingerprint density at radius 3 is 2.84 bits per heavy atom. The van der Waals surface area contributed by atoms with Gasteiger partial charge in [-0.15, -0.1) is 11.6 Å². The average Bonchev–Trinajstić information content (AvgIpc) is 2.41. The molecule has 0 bridgehead atoms. The molecule has 1 amide bonds. The lowest BCUT2D eigenvalue weighted by molar-refractivity contribution is 0.0686. The summed E-state index contributed by atoms with van der Waals surface area (Å²) in [5.74, 6) is 0.553. The van der Waals surface area contributed by atoms with Crippen molar-refractivity contribution in [3.63, 3.8) is 0 Å². The molecule has 0 radical (unpaired) electrons. The Bertz CT molecular complexity index is 478. The Kier molecular flexibility index (Phi) is 4.20. The van der Waals surface area contributed by atoms with Crippen LogP contribution in [0.15, 0.2) is 18.2 Å². The summed E-state index contributed by atoms with van der Waals surface area (Å²) < 4.78 is 4.96. The standard InChI is InChI=1S/C14H18ClNO3/c1-9-8-16(6-5-11(9)15)14(18)10-3-4-13(19-2)12(17)7-10/h3-4,7,9,11,17H,5-6,8H2,1-2H3. The average molecular weight is 284 g/mol. The highest BCUT2D eigenvalue weighted by Gasteiger charge is 2.28. The van der Waals surface area contributed by atoms with E-state index in [0.717, 1.165) is 6.42 Å². The fraction of sp³-hybridized carbons (Fsp3) is 0.500. The van der Waals surface area contributed by atoms with Gasteiger partial charge < -0.3 is 14.7 Å². The van der Waals surface area contributed by atoms with Crippen molar-refractivity contribution in [2.24, 2.45) is 5.92 Å². The third-order valence-electron chi connectivity index (χ3n) is 3.51. The van der Waals surface area contributed by atoms with E-state index >= 15 is 0 Å². The predicted molar refractivity (Wildman–Crippen MR) is 74.0 cm³/mol. The number of rotatable bonds is 2. The molecule has 2 rings (SSSR count). The number of hydrogen-bond donors (Lipinski definition) is 1. The lowest BCUT2D eigenvalue weighted by Crippen LogP contribution is -2.43. The van der Waals surface area contributed by atoms with Gasteiger partial charge in [0.2, 0.25) is 0 Å². The van der Waals surface area contributed by atoms with Crippen molar-refractivity contribution in [2.45, 2.75) is 18.7 Å². The molecule has 1 heterocycles. The van der Waals surface area contributed by atoms with Crippen molar-refractivity contribution in [1.82, 2.24) is 4.90 Å². The minimum Gasteiger partial charge on any atom is -0.504 e. The van der Waals surface area contributed by atoms with Crippen LogP contribution in [0, 0.1) is 5.92 Å². The summed E-state index contributed by atoms with van der Waals surface area (Å²) in [6.07, 6.45) is 0.802. The number of ether oxygens (including phenoxy) is 1. The highest BCUT2D eigenvalue weighted by atomic mass is 35.5. The van der Waals surface area contributed by atoms with Gasteiger partial charge in [-0.3, -0.25) is 4.79 Å². The van der Waals surface area contributed by atoms with E-state index in [-0.39, 0.29) is 23.0 Å². The van der Waals surface area contributed by atoms with E-state index in [1.165, 1.54) is 13.2 Å². The van der Waals surface area contributed by atoms with E-state index in [0.29, 0.717) is 24.4 Å². The van der Waals surface area contributed by atoms with E-state index in [1.54, 1.807) is 17.0 Å². The molecule has 0 aromatic heterocycles. The van der Waals surface area contributed by atoms with E-state index in [1.807, 2.05) is 6.92 Å². The maximum Gasteiger partial charge on any atom is 0.254 e. The summed E-state index contributed by atoms with van der Waals surface area (Å²) in [6.45, 7) is 3.35. The summed E-state index contributed by atoms with van der Waals surface area (Å²) in [5.41, 5.74) is 0.471. The van der Waals surface area contributed by atoms with E-state index in [9.17, 15) is 9.90 Å². The Labute approximate surface area is 117 Å². The number of halogens is 1. The van der Waals surface area contributed by atoms with Crippen molar-refractivity contribution in [1.29, 1.82) is 0 Å². The largest absolute Gasteiger partial charge is 0.504 e. The number of piperidine rings is 1. The molecular weight excluding hydrogens is 266 g/mol. The Balaban J connectivity index is 2.13. The monoisotopic (exact) mass is 283 g/mol. The second kappa shape index (κ2) is 5.70. The van der Waals surface area contributed by atoms with E-state index < -0.39 is 0 Å². The molecule has 1 aromatic carbocycles. The predicted octanol–water partition coefficient (Wildman–Crippen LogP) is 2.49. The second-order valence-electron chi connectivity index (χ2n) is 4.92. The van der Waals surface area contributed by atoms with Crippen LogP contribution >= 0.6 is 11.6 Å². The topological polar surface area (TPSA) is 49.8 Å². The van der Waals surface area contributed by atoms with Crippen LogP contribution in [0.5, 0.6) is 11.5 Å². The Morgan fingerprint density at radius 2 is 2.26 bits per heavy atom. The zero-order valence-electron chi connectivity index (χ0n) is 11.1. The minimum absolute atomic E-state index is 0.0198. The number of hydrogen-bond acceptors (Lipinski definition) is 3. The van der Waals surface area contributed by atoms with Crippen LogP contribution in [0.2, 0.25) is 0 Å². The SMILES string of the molecule is COc1ccc(C(=O)N2CCC(Cl)C(C)C2)cc1O. The van der Waals surface area contributed by atoms with Crippen LogP contribution < -0.4 is 4.74 Å². The van der Waals surface area contributed by atoms with Gasteiger partial charge in [-0.25, -0.2) is 0 Å². The first kappa shape index (κ1) is 14.0. The van der Waals surface area contributed by atoms with Gasteiger partial charge in [0.1, 0.15) is 0 Å². The number of likely N-dealkylation sites (tertiary alicyclic amines) is 1. The first-order valence-corrected chi connectivity index (χ1v) is 6.77. The summed E-state index contributed by atoms with van der Waals surface area (Å²) in [5, 5.41) is 9.85. The van der Waals surface area contributed by atoms with Gasteiger partial charge in [-0.2, -0.15) is 0 Å². The molecule has 19 heavy (non-hydrogen) atoms. The maximum atomic E-state index is 12.3. The van der Waals surface area contributed by atoms with Crippen LogP contribution in [0.1, 0.15) is 23.7 Å². The van der Waals surface area contributed by atoms with Crippen molar-refractivity contribution >= 4 is 17.5 Å². The number of aromatic hydroxyl groups is 1. The van der Waals surface area contributed by atoms with Gasteiger partial charge in [-0.1, -0.05) is 6.92 Å². The fourth-order valence-electron chi connectivity index (χ4n) is 2.31. The lowest BCUT2D eigenvalue weighted by Gasteiger charge is -2.34. The van der Waals surface area contributed by atoms with Crippen LogP contribution in [0.3, 0.4) is 0 Å². The van der Waals surface area contributed by atoms with Gasteiger partial charge in [0, 0.05) is 24.0 Å². The second-order valence-corrected chi connectivity index (χ2v) is 5.48. The lowest BCUT2D eigenvalue weighted by atomic mass is 9.99. The number of amides is 1. The number of phenolic OH excluding ortho intramolecular Hbond substituents is 1. The van der Waals surface area contributed by atoms with Crippen molar-refractivity contribution in [2.75, 3.05) is 20.2 Å². The number of carbonyl (C=O) groups excluding carboxylic acids is 1. The molecule has 4 nitrogen and oxygen atoms in total. The molecule has 0 saturated carbocycles. The van der Waals surface area contributed by atoms with Crippen molar-refractivity contribution in [3.05, 3.63) is 23.8 Å². The van der Waals surface area contributed by atoms with Gasteiger partial charge in [0.15, 0.2) is 11.5 Å². The number of phenols is 1. The van der Waals surface area contributed by atoms with Crippen molar-refractivity contribution < 1.29 is 14.6 Å². The first-order valence-electron chi connectivity index (χ1n) is 6.33. The van der Waals surface area contributed by atoms with Crippen LogP contribution in [0.25, 0.3) is 0 Å². The number of nitrogens with zero attached hydrogens (tertiary/aromatic N) is 1. The van der Waals surface area contributed by atoms with E-state index in [2.05, 4.69) is 0 Å². The fourth-order valence-corrected chi connectivity index (χ4v) is 2.48. The molecule has 2 unspecified atom stereocenters.